The molecule has 0 atom stereocenters. The predicted molar refractivity (Wildman–Crippen MR) is 83.6 cm³/mol. The van der Waals surface area contributed by atoms with Crippen LogP contribution in [0.3, 0.4) is 0 Å². The number of carbonyl (C=O) groups is 1. The first kappa shape index (κ1) is 14.8. The number of aryl methyl sites for hydroxylation is 1. The Morgan fingerprint density at radius 1 is 1.30 bits per heavy atom. The quantitative estimate of drug-likeness (QED) is 0.837. The van der Waals surface area contributed by atoms with Crippen molar-refractivity contribution >= 4 is 35.0 Å². The second-order valence-corrected chi connectivity index (χ2v) is 5.78. The van der Waals surface area contributed by atoms with E-state index in [4.69, 9.17) is 11.6 Å². The summed E-state index contributed by atoms with van der Waals surface area (Å²) < 4.78 is 0. The summed E-state index contributed by atoms with van der Waals surface area (Å²) in [5.41, 5.74) is 1.68. The Morgan fingerprint density at radius 2 is 2.10 bits per heavy atom. The van der Waals surface area contributed by atoms with E-state index in [1.54, 1.807) is 36.4 Å². The Bertz CT molecular complexity index is 631. The van der Waals surface area contributed by atoms with Crippen LogP contribution in [0.4, 0.5) is 5.69 Å². The molecule has 3 nitrogen and oxygen atoms in total. The van der Waals surface area contributed by atoms with Gasteiger partial charge in [-0.2, -0.15) is 0 Å². The molecule has 0 saturated heterocycles. The molecule has 0 aromatic heterocycles. The molecule has 2 rings (SSSR count). The molecule has 1 amide bonds. The summed E-state index contributed by atoms with van der Waals surface area (Å²) in [5, 5.41) is 12.8. The minimum atomic E-state index is -0.0937. The highest BCUT2D eigenvalue weighted by Crippen LogP contribution is 2.23. The maximum absolute atomic E-state index is 11.9. The summed E-state index contributed by atoms with van der Waals surface area (Å²) in [6, 6.07) is 12.2. The Kier molecular flexibility index (Phi) is 4.93. The van der Waals surface area contributed by atoms with Crippen molar-refractivity contribution in [3.05, 3.63) is 53.1 Å². The van der Waals surface area contributed by atoms with Crippen LogP contribution in [0.5, 0.6) is 5.75 Å². The SMILES string of the molecule is Cc1cc(Cl)ccc1NC(=O)CSc1cccc(O)c1. The van der Waals surface area contributed by atoms with Crippen molar-refractivity contribution in [2.75, 3.05) is 11.1 Å². The molecule has 2 aromatic rings. The number of benzene rings is 2. The third kappa shape index (κ3) is 4.18. The highest BCUT2D eigenvalue weighted by Gasteiger charge is 2.06. The third-order valence-electron chi connectivity index (χ3n) is 2.65. The monoisotopic (exact) mass is 307 g/mol. The number of anilines is 1. The Morgan fingerprint density at radius 3 is 2.80 bits per heavy atom. The maximum atomic E-state index is 11.9. The van der Waals surface area contributed by atoms with Crippen LogP contribution in [-0.4, -0.2) is 16.8 Å². The van der Waals surface area contributed by atoms with E-state index in [0.29, 0.717) is 5.02 Å². The Balaban J connectivity index is 1.92. The minimum Gasteiger partial charge on any atom is -0.508 e. The number of carbonyl (C=O) groups excluding carboxylic acids is 1. The fourth-order valence-electron chi connectivity index (χ4n) is 1.68. The normalized spacial score (nSPS) is 10.3. The zero-order chi connectivity index (χ0) is 14.5. The van der Waals surface area contributed by atoms with E-state index in [2.05, 4.69) is 5.32 Å². The topological polar surface area (TPSA) is 49.3 Å². The number of halogens is 1. The molecule has 0 bridgehead atoms. The van der Waals surface area contributed by atoms with Crippen molar-refractivity contribution in [2.45, 2.75) is 11.8 Å². The van der Waals surface area contributed by atoms with Crippen LogP contribution in [-0.2, 0) is 4.79 Å². The van der Waals surface area contributed by atoms with Crippen LogP contribution in [0.1, 0.15) is 5.56 Å². The number of nitrogens with one attached hydrogen (secondary N) is 1. The number of aromatic hydroxyl groups is 1. The summed E-state index contributed by atoms with van der Waals surface area (Å²) in [6.45, 7) is 1.89. The lowest BCUT2D eigenvalue weighted by Crippen LogP contribution is -2.14. The van der Waals surface area contributed by atoms with Crippen molar-refractivity contribution in [2.24, 2.45) is 0 Å². The molecule has 0 fully saturated rings. The summed E-state index contributed by atoms with van der Waals surface area (Å²) >= 11 is 7.24. The van der Waals surface area contributed by atoms with Crippen molar-refractivity contribution in [3.8, 4) is 5.75 Å². The number of amides is 1. The van der Waals surface area contributed by atoms with Crippen molar-refractivity contribution in [3.63, 3.8) is 0 Å². The van der Waals surface area contributed by atoms with Gasteiger partial charge in [0, 0.05) is 15.6 Å². The first-order valence-electron chi connectivity index (χ1n) is 6.02. The Labute approximate surface area is 127 Å². The van der Waals surface area contributed by atoms with Gasteiger partial charge in [-0.25, -0.2) is 0 Å². The zero-order valence-corrected chi connectivity index (χ0v) is 12.5. The van der Waals surface area contributed by atoms with Gasteiger partial charge < -0.3 is 10.4 Å². The van der Waals surface area contributed by atoms with Gasteiger partial charge >= 0.3 is 0 Å². The van der Waals surface area contributed by atoms with E-state index >= 15 is 0 Å². The van der Waals surface area contributed by atoms with Crippen molar-refractivity contribution in [1.29, 1.82) is 0 Å². The fraction of sp³-hybridized carbons (Fsp3) is 0.133. The summed E-state index contributed by atoms with van der Waals surface area (Å²) in [5.74, 6) is 0.388. The van der Waals surface area contributed by atoms with Crippen LogP contribution in [0.15, 0.2) is 47.4 Å². The van der Waals surface area contributed by atoms with Gasteiger partial charge in [0.2, 0.25) is 5.91 Å². The van der Waals surface area contributed by atoms with Gasteiger partial charge in [-0.05, 0) is 48.9 Å². The second kappa shape index (κ2) is 6.68. The highest BCUT2D eigenvalue weighted by atomic mass is 35.5. The molecular formula is C15H14ClNO2S. The van der Waals surface area contributed by atoms with E-state index in [1.807, 2.05) is 13.0 Å². The molecule has 0 aliphatic carbocycles. The van der Waals surface area contributed by atoms with Gasteiger partial charge in [0.25, 0.3) is 0 Å². The van der Waals surface area contributed by atoms with E-state index in [1.165, 1.54) is 11.8 Å². The lowest BCUT2D eigenvalue weighted by Gasteiger charge is -2.08. The standard InChI is InChI=1S/C15H14ClNO2S/c1-10-7-11(16)5-6-14(10)17-15(19)9-20-13-4-2-3-12(18)8-13/h2-8,18H,9H2,1H3,(H,17,19). The number of thioether (sulfide) groups is 1. The lowest BCUT2D eigenvalue weighted by molar-refractivity contribution is -0.113. The molecule has 0 saturated carbocycles. The van der Waals surface area contributed by atoms with E-state index in [-0.39, 0.29) is 17.4 Å². The Hall–Kier alpha value is -1.65. The number of phenols is 1. The van der Waals surface area contributed by atoms with Gasteiger partial charge in [-0.15, -0.1) is 11.8 Å². The second-order valence-electron chi connectivity index (χ2n) is 4.29. The molecule has 104 valence electrons. The van der Waals surface area contributed by atoms with Crippen LogP contribution in [0.25, 0.3) is 0 Å². The first-order valence-corrected chi connectivity index (χ1v) is 7.39. The maximum Gasteiger partial charge on any atom is 0.234 e. The summed E-state index contributed by atoms with van der Waals surface area (Å²) in [6.07, 6.45) is 0. The van der Waals surface area contributed by atoms with Crippen LogP contribution < -0.4 is 5.32 Å². The van der Waals surface area contributed by atoms with Crippen molar-refractivity contribution in [1.82, 2.24) is 0 Å². The number of phenolic OH excluding ortho intramolecular Hbond substituents is 1. The number of rotatable bonds is 4. The fourth-order valence-corrected chi connectivity index (χ4v) is 2.65. The smallest absolute Gasteiger partial charge is 0.234 e. The summed E-state index contributed by atoms with van der Waals surface area (Å²) in [4.78, 5) is 12.7. The van der Waals surface area contributed by atoms with Crippen LogP contribution in [0, 0.1) is 6.92 Å². The highest BCUT2D eigenvalue weighted by molar-refractivity contribution is 8.00. The van der Waals surface area contributed by atoms with Gasteiger partial charge in [0.05, 0.1) is 5.75 Å². The van der Waals surface area contributed by atoms with E-state index in [0.717, 1.165) is 16.1 Å². The molecule has 0 spiro atoms. The average Bonchev–Trinajstić information content (AvgIpc) is 2.40. The molecule has 5 heteroatoms. The van der Waals surface area contributed by atoms with Gasteiger partial charge in [-0.3, -0.25) is 4.79 Å². The molecule has 0 heterocycles. The molecular weight excluding hydrogens is 294 g/mol. The molecule has 0 aliphatic heterocycles. The lowest BCUT2D eigenvalue weighted by atomic mass is 10.2. The van der Waals surface area contributed by atoms with Gasteiger partial charge in [0.1, 0.15) is 5.75 Å². The third-order valence-corrected chi connectivity index (χ3v) is 3.88. The summed E-state index contributed by atoms with van der Waals surface area (Å²) in [7, 11) is 0. The molecule has 0 aliphatic rings. The van der Waals surface area contributed by atoms with E-state index < -0.39 is 0 Å². The van der Waals surface area contributed by atoms with Crippen LogP contribution >= 0.6 is 23.4 Å². The van der Waals surface area contributed by atoms with Gasteiger partial charge in [-0.1, -0.05) is 17.7 Å². The number of hydrogen-bond donors (Lipinski definition) is 2. The van der Waals surface area contributed by atoms with Crippen LogP contribution in [0.2, 0.25) is 5.02 Å². The molecule has 20 heavy (non-hydrogen) atoms. The minimum absolute atomic E-state index is 0.0937. The van der Waals surface area contributed by atoms with Crippen molar-refractivity contribution < 1.29 is 9.90 Å². The largest absolute Gasteiger partial charge is 0.508 e. The molecule has 0 radical (unpaired) electrons. The average molecular weight is 308 g/mol. The molecule has 2 N–H and O–H groups in total. The molecule has 0 unspecified atom stereocenters. The predicted octanol–water partition coefficient (Wildman–Crippen LogP) is 4.08. The first-order chi connectivity index (χ1) is 9.54. The van der Waals surface area contributed by atoms with Gasteiger partial charge in [0.15, 0.2) is 0 Å². The molecule has 2 aromatic carbocycles. The van der Waals surface area contributed by atoms with E-state index in [9.17, 15) is 9.90 Å². The zero-order valence-electron chi connectivity index (χ0n) is 10.9. The number of hydrogen-bond acceptors (Lipinski definition) is 3.